The van der Waals surface area contributed by atoms with Crippen LogP contribution in [-0.4, -0.2) is 23.2 Å². The number of anilines is 1. The van der Waals surface area contributed by atoms with Crippen LogP contribution in [-0.2, 0) is 6.42 Å². The highest BCUT2D eigenvalue weighted by Crippen LogP contribution is 2.23. The average molecular weight is 367 g/mol. The number of hydrogen-bond acceptors (Lipinski definition) is 3. The second-order valence-electron chi connectivity index (χ2n) is 6.92. The van der Waals surface area contributed by atoms with Crippen molar-refractivity contribution in [2.75, 3.05) is 5.01 Å². The van der Waals surface area contributed by atoms with Crippen LogP contribution in [0.3, 0.4) is 0 Å². The number of guanidine groups is 1. The van der Waals surface area contributed by atoms with Crippen LogP contribution in [0, 0.1) is 0 Å². The molecule has 28 heavy (non-hydrogen) atoms. The summed E-state index contributed by atoms with van der Waals surface area (Å²) in [7, 11) is 0. The Balaban J connectivity index is 1.44. The van der Waals surface area contributed by atoms with Gasteiger partial charge >= 0.3 is 0 Å². The van der Waals surface area contributed by atoms with Crippen LogP contribution in [0.5, 0.6) is 0 Å². The minimum absolute atomic E-state index is 0.0367. The van der Waals surface area contributed by atoms with E-state index in [4.69, 9.17) is 0 Å². The van der Waals surface area contributed by atoms with Gasteiger partial charge in [0.15, 0.2) is 0 Å². The highest BCUT2D eigenvalue weighted by atomic mass is 15.7. The first kappa shape index (κ1) is 16.7. The van der Waals surface area contributed by atoms with Gasteiger partial charge < -0.3 is 0 Å². The molecule has 0 spiro atoms. The minimum atomic E-state index is 0.0367. The number of nitrogens with one attached hydrogen (secondary N) is 1. The van der Waals surface area contributed by atoms with Gasteiger partial charge in [-0.05, 0) is 59.9 Å². The molecule has 5 nitrogen and oxygen atoms in total. The van der Waals surface area contributed by atoms with Crippen molar-refractivity contribution in [2.45, 2.75) is 19.0 Å². The standard InChI is InChI=1S/C23H21N5/c1-2-10-21(11-3-1)28-23(27-15-7-6-12-22(27)26-28)25-24-17-18-13-14-19-8-4-5-9-20(19)16-18/h1-4,6-8,10-17,22,26H,5,9H2/b24-17+,25-23-. The summed E-state index contributed by atoms with van der Waals surface area (Å²) < 4.78 is 0. The van der Waals surface area contributed by atoms with Crippen molar-refractivity contribution in [1.29, 1.82) is 0 Å². The first-order valence-electron chi connectivity index (χ1n) is 9.54. The molecule has 0 aromatic heterocycles. The third kappa shape index (κ3) is 3.17. The van der Waals surface area contributed by atoms with Crippen molar-refractivity contribution in [3.8, 4) is 0 Å². The van der Waals surface area contributed by atoms with Crippen LogP contribution in [0.25, 0.3) is 6.08 Å². The molecule has 0 saturated carbocycles. The molecule has 2 aromatic rings. The summed E-state index contributed by atoms with van der Waals surface area (Å²) >= 11 is 0. The predicted octanol–water partition coefficient (Wildman–Crippen LogP) is 4.07. The summed E-state index contributed by atoms with van der Waals surface area (Å²) in [6.07, 6.45) is 16.6. The van der Waals surface area contributed by atoms with Crippen LogP contribution in [0.1, 0.15) is 23.1 Å². The maximum Gasteiger partial charge on any atom is 0.246 e. The van der Waals surface area contributed by atoms with Gasteiger partial charge in [0, 0.05) is 6.20 Å². The van der Waals surface area contributed by atoms with Crippen LogP contribution >= 0.6 is 0 Å². The highest BCUT2D eigenvalue weighted by Gasteiger charge is 2.34. The maximum absolute atomic E-state index is 4.55. The quantitative estimate of drug-likeness (QED) is 0.657. The van der Waals surface area contributed by atoms with E-state index in [1.54, 1.807) is 0 Å². The van der Waals surface area contributed by atoms with Gasteiger partial charge in [0.25, 0.3) is 0 Å². The Morgan fingerprint density at radius 1 is 1.07 bits per heavy atom. The molecule has 1 atom stereocenters. The lowest BCUT2D eigenvalue weighted by molar-refractivity contribution is 0.458. The minimum Gasteiger partial charge on any atom is -0.295 e. The number of aryl methyl sites for hydroxylation is 1. The van der Waals surface area contributed by atoms with Gasteiger partial charge in [-0.1, -0.05) is 48.6 Å². The fraction of sp³-hybridized carbons (Fsp3) is 0.130. The van der Waals surface area contributed by atoms with E-state index in [2.05, 4.69) is 69.1 Å². The zero-order valence-electron chi connectivity index (χ0n) is 15.4. The summed E-state index contributed by atoms with van der Waals surface area (Å²) in [5, 5.41) is 10.9. The molecule has 1 N–H and O–H groups in total. The molecule has 1 saturated heterocycles. The topological polar surface area (TPSA) is 43.2 Å². The number of hydrogen-bond donors (Lipinski definition) is 1. The zero-order chi connectivity index (χ0) is 18.8. The van der Waals surface area contributed by atoms with Crippen molar-refractivity contribution in [1.82, 2.24) is 10.3 Å². The predicted molar refractivity (Wildman–Crippen MR) is 115 cm³/mol. The molecule has 1 fully saturated rings. The molecule has 1 unspecified atom stereocenters. The summed E-state index contributed by atoms with van der Waals surface area (Å²) in [5.41, 5.74) is 8.23. The van der Waals surface area contributed by atoms with Crippen LogP contribution in [0.2, 0.25) is 0 Å². The van der Waals surface area contributed by atoms with Gasteiger partial charge in [0.2, 0.25) is 5.96 Å². The monoisotopic (exact) mass is 367 g/mol. The number of benzene rings is 2. The van der Waals surface area contributed by atoms with Crippen molar-refractivity contribution < 1.29 is 0 Å². The van der Waals surface area contributed by atoms with Crippen LogP contribution in [0.15, 0.2) is 89.2 Å². The average Bonchev–Trinajstić information content (AvgIpc) is 3.13. The fourth-order valence-corrected chi connectivity index (χ4v) is 3.64. The molecular weight excluding hydrogens is 346 g/mol. The Labute approximate surface area is 164 Å². The smallest absolute Gasteiger partial charge is 0.246 e. The second kappa shape index (κ2) is 7.29. The largest absolute Gasteiger partial charge is 0.295 e. The molecule has 0 radical (unpaired) electrons. The lowest BCUT2D eigenvalue weighted by Crippen LogP contribution is -2.37. The third-order valence-electron chi connectivity index (χ3n) is 5.06. The van der Waals surface area contributed by atoms with E-state index < -0.39 is 0 Å². The van der Waals surface area contributed by atoms with Crippen molar-refractivity contribution in [3.05, 3.63) is 95.7 Å². The SMILES string of the molecule is C1=CC2NN(c3ccccc3)/C(=N\N=C\c3ccc4c(c3)CCC=C4)N2C=C1. The van der Waals surface area contributed by atoms with Crippen molar-refractivity contribution in [3.63, 3.8) is 0 Å². The number of fused-ring (bicyclic) bond motifs is 2. The Bertz CT molecular complexity index is 1020. The number of hydrazine groups is 1. The van der Waals surface area contributed by atoms with Gasteiger partial charge in [0.1, 0.15) is 6.17 Å². The summed E-state index contributed by atoms with van der Waals surface area (Å²) in [4.78, 5) is 2.07. The Morgan fingerprint density at radius 3 is 2.93 bits per heavy atom. The van der Waals surface area contributed by atoms with E-state index in [0.29, 0.717) is 0 Å². The molecule has 3 aliphatic rings. The lowest BCUT2D eigenvalue weighted by Gasteiger charge is -2.19. The van der Waals surface area contributed by atoms with Crippen LogP contribution in [0.4, 0.5) is 5.69 Å². The van der Waals surface area contributed by atoms with E-state index >= 15 is 0 Å². The molecule has 0 amide bonds. The van der Waals surface area contributed by atoms with E-state index in [1.165, 1.54) is 11.1 Å². The number of nitrogens with zero attached hydrogens (tertiary/aromatic N) is 4. The van der Waals surface area contributed by atoms with E-state index in [0.717, 1.165) is 30.1 Å². The van der Waals surface area contributed by atoms with Gasteiger partial charge in [-0.2, -0.15) is 5.10 Å². The Hall–Kier alpha value is -3.44. The number of rotatable bonds is 3. The molecule has 0 bridgehead atoms. The highest BCUT2D eigenvalue weighted by molar-refractivity contribution is 5.98. The first-order chi connectivity index (χ1) is 13.9. The molecule has 5 heteroatoms. The third-order valence-corrected chi connectivity index (χ3v) is 5.06. The molecule has 1 aliphatic carbocycles. The molecule has 2 aromatic carbocycles. The molecule has 5 rings (SSSR count). The van der Waals surface area contributed by atoms with Gasteiger partial charge in [0.05, 0.1) is 11.9 Å². The maximum atomic E-state index is 4.55. The summed E-state index contributed by atoms with van der Waals surface area (Å²) in [5.74, 6) is 0.744. The summed E-state index contributed by atoms with van der Waals surface area (Å²) in [6.45, 7) is 0. The van der Waals surface area contributed by atoms with E-state index in [9.17, 15) is 0 Å². The molecule has 2 aliphatic heterocycles. The lowest BCUT2D eigenvalue weighted by atomic mass is 9.96. The zero-order valence-corrected chi connectivity index (χ0v) is 15.4. The van der Waals surface area contributed by atoms with E-state index in [1.807, 2.05) is 47.8 Å². The fourth-order valence-electron chi connectivity index (χ4n) is 3.64. The van der Waals surface area contributed by atoms with Crippen LogP contribution < -0.4 is 10.4 Å². The number of allylic oxidation sites excluding steroid dienone is 3. The van der Waals surface area contributed by atoms with Gasteiger partial charge in [-0.25, -0.2) is 10.4 Å². The second-order valence-corrected chi connectivity index (χ2v) is 6.92. The van der Waals surface area contributed by atoms with Gasteiger partial charge in [-0.15, -0.1) is 5.10 Å². The number of para-hydroxylation sites is 1. The molecular formula is C23H21N5. The van der Waals surface area contributed by atoms with Crippen molar-refractivity contribution >= 4 is 23.9 Å². The van der Waals surface area contributed by atoms with Crippen molar-refractivity contribution in [2.24, 2.45) is 10.2 Å². The first-order valence-corrected chi connectivity index (χ1v) is 9.54. The Kier molecular flexibility index (Phi) is 4.35. The molecule has 138 valence electrons. The summed E-state index contributed by atoms with van der Waals surface area (Å²) in [6, 6.07) is 16.6. The normalized spacial score (nSPS) is 21.6. The van der Waals surface area contributed by atoms with Gasteiger partial charge in [-0.3, -0.25) is 4.90 Å². The molecule has 2 heterocycles. The Morgan fingerprint density at radius 2 is 2.00 bits per heavy atom. The van der Waals surface area contributed by atoms with E-state index in [-0.39, 0.29) is 6.17 Å².